The number of methoxy groups -OCH3 is 1. The molecule has 2 amide bonds. The van der Waals surface area contributed by atoms with Gasteiger partial charge in [0.15, 0.2) is 0 Å². The summed E-state index contributed by atoms with van der Waals surface area (Å²) in [5, 5.41) is 3.34. The fourth-order valence-corrected chi connectivity index (χ4v) is 2.31. The van der Waals surface area contributed by atoms with E-state index in [4.69, 9.17) is 22.1 Å². The van der Waals surface area contributed by atoms with Crippen molar-refractivity contribution in [3.05, 3.63) is 58.1 Å². The van der Waals surface area contributed by atoms with Crippen LogP contribution >= 0.6 is 11.6 Å². The zero-order valence-corrected chi connectivity index (χ0v) is 13.6. The van der Waals surface area contributed by atoms with E-state index in [1.165, 1.54) is 0 Å². The van der Waals surface area contributed by atoms with Gasteiger partial charge in [-0.1, -0.05) is 11.6 Å². The molecule has 120 valence electrons. The number of anilines is 1. The number of carbonyl (C=O) groups is 2. The Morgan fingerprint density at radius 1 is 1.22 bits per heavy atom. The highest BCUT2D eigenvalue weighted by molar-refractivity contribution is 6.31. The van der Waals surface area contributed by atoms with E-state index in [1.54, 1.807) is 43.5 Å². The van der Waals surface area contributed by atoms with Gasteiger partial charge in [-0.05, 0) is 48.9 Å². The minimum Gasteiger partial charge on any atom is -0.496 e. The second kappa shape index (κ2) is 7.15. The van der Waals surface area contributed by atoms with E-state index < -0.39 is 5.91 Å². The fraction of sp³-hybridized carbons (Fsp3) is 0.176. The third kappa shape index (κ3) is 4.23. The van der Waals surface area contributed by atoms with E-state index in [9.17, 15) is 9.59 Å². The summed E-state index contributed by atoms with van der Waals surface area (Å²) < 4.78 is 5.28. The van der Waals surface area contributed by atoms with E-state index in [2.05, 4.69) is 5.32 Å². The molecule has 2 rings (SSSR count). The van der Waals surface area contributed by atoms with Crippen molar-refractivity contribution in [2.75, 3.05) is 12.4 Å². The number of carbonyl (C=O) groups excluding carboxylic acids is 2. The molecule has 0 aromatic heterocycles. The normalized spacial score (nSPS) is 10.2. The van der Waals surface area contributed by atoms with Crippen LogP contribution in [0.1, 0.15) is 21.5 Å². The minimum atomic E-state index is -0.512. The van der Waals surface area contributed by atoms with Crippen molar-refractivity contribution in [2.24, 2.45) is 5.73 Å². The van der Waals surface area contributed by atoms with Gasteiger partial charge in [-0.25, -0.2) is 0 Å². The molecule has 3 N–H and O–H groups in total. The lowest BCUT2D eigenvalue weighted by molar-refractivity contribution is -0.115. The molecule has 0 aliphatic carbocycles. The van der Waals surface area contributed by atoms with Crippen molar-refractivity contribution in [2.45, 2.75) is 13.3 Å². The Kier molecular flexibility index (Phi) is 5.24. The van der Waals surface area contributed by atoms with Gasteiger partial charge in [0.25, 0.3) is 0 Å². The molecular weight excluding hydrogens is 316 g/mol. The first kappa shape index (κ1) is 16.8. The highest BCUT2D eigenvalue weighted by Gasteiger charge is 2.12. The first-order valence-electron chi connectivity index (χ1n) is 6.93. The molecular formula is C17H17ClN2O3. The average Bonchev–Trinajstić information content (AvgIpc) is 2.51. The van der Waals surface area contributed by atoms with Crippen LogP contribution in [0.25, 0.3) is 0 Å². The number of hydrogen-bond donors (Lipinski definition) is 2. The van der Waals surface area contributed by atoms with Crippen molar-refractivity contribution in [1.29, 1.82) is 0 Å². The van der Waals surface area contributed by atoms with E-state index >= 15 is 0 Å². The number of benzene rings is 2. The number of hydrogen-bond acceptors (Lipinski definition) is 3. The number of halogens is 1. The molecule has 2 aromatic rings. The van der Waals surface area contributed by atoms with Crippen molar-refractivity contribution in [1.82, 2.24) is 0 Å². The van der Waals surface area contributed by atoms with Gasteiger partial charge in [0.05, 0.1) is 13.5 Å². The van der Waals surface area contributed by atoms with Crippen LogP contribution in [0.4, 0.5) is 5.69 Å². The number of rotatable bonds is 5. The summed E-state index contributed by atoms with van der Waals surface area (Å²) in [4.78, 5) is 23.2. The van der Waals surface area contributed by atoms with Crippen molar-refractivity contribution in [3.8, 4) is 5.75 Å². The largest absolute Gasteiger partial charge is 0.496 e. The van der Waals surface area contributed by atoms with Gasteiger partial charge in [0.2, 0.25) is 11.8 Å². The number of nitrogens with two attached hydrogens (primary N) is 1. The van der Waals surface area contributed by atoms with Crippen LogP contribution in [-0.4, -0.2) is 18.9 Å². The van der Waals surface area contributed by atoms with Crippen LogP contribution in [0.5, 0.6) is 5.75 Å². The van der Waals surface area contributed by atoms with Crippen LogP contribution in [-0.2, 0) is 11.2 Å². The minimum absolute atomic E-state index is 0.126. The van der Waals surface area contributed by atoms with Crippen LogP contribution in [0.15, 0.2) is 36.4 Å². The lowest BCUT2D eigenvalue weighted by Gasteiger charge is -2.11. The maximum absolute atomic E-state index is 12.2. The predicted molar refractivity (Wildman–Crippen MR) is 90.0 cm³/mol. The highest BCUT2D eigenvalue weighted by Crippen LogP contribution is 2.27. The number of aryl methyl sites for hydroxylation is 1. The third-order valence-electron chi connectivity index (χ3n) is 3.37. The van der Waals surface area contributed by atoms with Gasteiger partial charge in [-0.3, -0.25) is 9.59 Å². The maximum atomic E-state index is 12.2. The summed E-state index contributed by atoms with van der Waals surface area (Å²) in [5.74, 6) is -0.108. The monoisotopic (exact) mass is 332 g/mol. The van der Waals surface area contributed by atoms with Crippen LogP contribution in [0.3, 0.4) is 0 Å². The van der Waals surface area contributed by atoms with E-state index in [1.807, 2.05) is 6.92 Å². The first-order chi connectivity index (χ1) is 10.9. The van der Waals surface area contributed by atoms with Gasteiger partial charge >= 0.3 is 0 Å². The predicted octanol–water partition coefficient (Wildman–Crippen LogP) is 2.94. The number of ether oxygens (including phenoxy) is 1. The Hall–Kier alpha value is -2.53. The topological polar surface area (TPSA) is 81.4 Å². The molecule has 2 aromatic carbocycles. The summed E-state index contributed by atoms with van der Waals surface area (Å²) in [6.45, 7) is 1.87. The van der Waals surface area contributed by atoms with Crippen molar-refractivity contribution < 1.29 is 14.3 Å². The smallest absolute Gasteiger partial charge is 0.248 e. The summed E-state index contributed by atoms with van der Waals surface area (Å²) in [7, 11) is 1.55. The lowest BCUT2D eigenvalue weighted by atomic mass is 10.1. The average molecular weight is 333 g/mol. The van der Waals surface area contributed by atoms with Crippen molar-refractivity contribution in [3.63, 3.8) is 0 Å². The third-order valence-corrected chi connectivity index (χ3v) is 3.77. The standard InChI is InChI=1S/C17H17ClN2O3/c1-10-7-15(23-2)12(8-14(10)18)9-16(21)20-13-5-3-11(4-6-13)17(19)22/h3-8H,9H2,1-2H3,(H2,19,22)(H,20,21). The zero-order valence-electron chi connectivity index (χ0n) is 12.9. The highest BCUT2D eigenvalue weighted by atomic mass is 35.5. The van der Waals surface area contributed by atoms with Crippen LogP contribution in [0, 0.1) is 6.92 Å². The Balaban J connectivity index is 2.10. The molecule has 0 saturated heterocycles. The van der Waals surface area contributed by atoms with E-state index in [0.717, 1.165) is 5.56 Å². The second-order valence-corrected chi connectivity index (χ2v) is 5.49. The molecule has 0 aliphatic rings. The van der Waals surface area contributed by atoms with Gasteiger partial charge in [-0.15, -0.1) is 0 Å². The molecule has 0 spiro atoms. The van der Waals surface area contributed by atoms with Gasteiger partial charge in [0.1, 0.15) is 5.75 Å². The molecule has 0 aliphatic heterocycles. The second-order valence-electron chi connectivity index (χ2n) is 5.08. The Labute approximate surface area is 139 Å². The molecule has 0 bridgehead atoms. The molecule has 0 heterocycles. The molecule has 5 nitrogen and oxygen atoms in total. The number of primary amides is 1. The quantitative estimate of drug-likeness (QED) is 0.883. The summed E-state index contributed by atoms with van der Waals surface area (Å²) in [5.41, 5.74) is 7.72. The zero-order chi connectivity index (χ0) is 17.0. The first-order valence-corrected chi connectivity index (χ1v) is 7.31. The molecule has 0 atom stereocenters. The maximum Gasteiger partial charge on any atom is 0.248 e. The van der Waals surface area contributed by atoms with Gasteiger partial charge < -0.3 is 15.8 Å². The Morgan fingerprint density at radius 3 is 2.43 bits per heavy atom. The molecule has 6 heteroatoms. The Morgan fingerprint density at radius 2 is 1.87 bits per heavy atom. The lowest BCUT2D eigenvalue weighted by Crippen LogP contribution is -2.15. The molecule has 0 saturated carbocycles. The number of amides is 2. The van der Waals surface area contributed by atoms with Gasteiger partial charge in [-0.2, -0.15) is 0 Å². The molecule has 0 radical (unpaired) electrons. The molecule has 0 fully saturated rings. The molecule has 0 unspecified atom stereocenters. The number of nitrogens with one attached hydrogen (secondary N) is 1. The summed E-state index contributed by atoms with van der Waals surface area (Å²) >= 11 is 6.10. The SMILES string of the molecule is COc1cc(C)c(Cl)cc1CC(=O)Nc1ccc(C(N)=O)cc1. The van der Waals surface area contributed by atoms with Crippen LogP contribution < -0.4 is 15.8 Å². The Bertz CT molecular complexity index is 742. The van der Waals surface area contributed by atoms with E-state index in [0.29, 0.717) is 27.6 Å². The van der Waals surface area contributed by atoms with Crippen molar-refractivity contribution >= 4 is 29.1 Å². The fourth-order valence-electron chi connectivity index (χ4n) is 2.12. The summed E-state index contributed by atoms with van der Waals surface area (Å²) in [6, 6.07) is 9.88. The molecule has 23 heavy (non-hydrogen) atoms. The van der Waals surface area contributed by atoms with E-state index in [-0.39, 0.29) is 12.3 Å². The summed E-state index contributed by atoms with van der Waals surface area (Å²) in [6.07, 6.45) is 0.126. The van der Waals surface area contributed by atoms with Gasteiger partial charge in [0, 0.05) is 21.8 Å². The van der Waals surface area contributed by atoms with Crippen LogP contribution in [0.2, 0.25) is 5.02 Å².